The minimum Gasteiger partial charge on any atom is -0.460 e. The van der Waals surface area contributed by atoms with Gasteiger partial charge in [0.2, 0.25) is 0 Å². The van der Waals surface area contributed by atoms with Crippen LogP contribution in [0.2, 0.25) is 0 Å². The average molecular weight is 249 g/mol. The summed E-state index contributed by atoms with van der Waals surface area (Å²) in [6, 6.07) is 9.56. The lowest BCUT2D eigenvalue weighted by molar-refractivity contribution is -0.153. The van der Waals surface area contributed by atoms with Crippen molar-refractivity contribution in [2.75, 3.05) is 13.1 Å². The van der Waals surface area contributed by atoms with E-state index in [0.29, 0.717) is 13.0 Å². The minimum absolute atomic E-state index is 0.267. The number of hydrogen-bond donors (Lipinski definition) is 2. The summed E-state index contributed by atoms with van der Waals surface area (Å²) in [5.74, 6) is -0.767. The van der Waals surface area contributed by atoms with Crippen LogP contribution in [0.1, 0.15) is 18.4 Å². The zero-order valence-corrected chi connectivity index (χ0v) is 10.3. The van der Waals surface area contributed by atoms with Crippen molar-refractivity contribution in [1.82, 2.24) is 5.32 Å². The fourth-order valence-electron chi connectivity index (χ4n) is 2.11. The fraction of sp³-hybridized carbons (Fsp3) is 0.500. The molecule has 1 fully saturated rings. The second kappa shape index (κ2) is 6.52. The van der Waals surface area contributed by atoms with Gasteiger partial charge in [-0.3, -0.25) is 4.79 Å². The van der Waals surface area contributed by atoms with Crippen molar-refractivity contribution >= 4 is 5.97 Å². The smallest absolute Gasteiger partial charge is 0.313 e. The zero-order valence-electron chi connectivity index (χ0n) is 10.3. The standard InChI is InChI=1S/C14H19NO3/c16-13-7-4-8-15-9-12(13)14(17)18-10-11-5-2-1-3-6-11/h1-3,5-6,12-13,15-16H,4,7-10H2. The molecule has 0 aromatic heterocycles. The molecular weight excluding hydrogens is 230 g/mol. The molecule has 1 aromatic rings. The number of aliphatic hydroxyl groups excluding tert-OH is 1. The van der Waals surface area contributed by atoms with E-state index >= 15 is 0 Å². The molecule has 4 nitrogen and oxygen atoms in total. The second-order valence-corrected chi connectivity index (χ2v) is 4.61. The van der Waals surface area contributed by atoms with Crippen LogP contribution in [-0.4, -0.2) is 30.3 Å². The van der Waals surface area contributed by atoms with Crippen molar-refractivity contribution in [1.29, 1.82) is 0 Å². The van der Waals surface area contributed by atoms with Crippen molar-refractivity contribution in [2.45, 2.75) is 25.6 Å². The van der Waals surface area contributed by atoms with E-state index in [4.69, 9.17) is 4.74 Å². The van der Waals surface area contributed by atoms with E-state index in [0.717, 1.165) is 18.5 Å². The molecule has 1 heterocycles. The number of benzene rings is 1. The lowest BCUT2D eigenvalue weighted by Crippen LogP contribution is -2.35. The van der Waals surface area contributed by atoms with Gasteiger partial charge >= 0.3 is 5.97 Å². The summed E-state index contributed by atoms with van der Waals surface area (Å²) in [5, 5.41) is 13.0. The Hall–Kier alpha value is -1.39. The van der Waals surface area contributed by atoms with Crippen LogP contribution in [-0.2, 0) is 16.1 Å². The van der Waals surface area contributed by atoms with Gasteiger partial charge in [0, 0.05) is 6.54 Å². The summed E-state index contributed by atoms with van der Waals surface area (Å²) in [5.41, 5.74) is 0.960. The van der Waals surface area contributed by atoms with Crippen molar-refractivity contribution < 1.29 is 14.6 Å². The highest BCUT2D eigenvalue weighted by molar-refractivity contribution is 5.73. The second-order valence-electron chi connectivity index (χ2n) is 4.61. The Labute approximate surface area is 107 Å². The highest BCUT2D eigenvalue weighted by Gasteiger charge is 2.29. The van der Waals surface area contributed by atoms with E-state index in [1.807, 2.05) is 30.3 Å². The minimum atomic E-state index is -0.594. The quantitative estimate of drug-likeness (QED) is 0.787. The van der Waals surface area contributed by atoms with Crippen molar-refractivity contribution in [2.24, 2.45) is 5.92 Å². The van der Waals surface area contributed by atoms with Gasteiger partial charge in [-0.2, -0.15) is 0 Å². The highest BCUT2D eigenvalue weighted by atomic mass is 16.5. The van der Waals surface area contributed by atoms with Gasteiger partial charge in [0.1, 0.15) is 6.61 Å². The predicted octanol–water partition coefficient (Wildman–Crippen LogP) is 1.09. The maximum absolute atomic E-state index is 11.9. The number of esters is 1. The monoisotopic (exact) mass is 249 g/mol. The fourth-order valence-corrected chi connectivity index (χ4v) is 2.11. The third-order valence-corrected chi connectivity index (χ3v) is 3.21. The first kappa shape index (κ1) is 13.1. The van der Waals surface area contributed by atoms with E-state index in [2.05, 4.69) is 5.32 Å². The molecule has 0 spiro atoms. The molecule has 2 atom stereocenters. The van der Waals surface area contributed by atoms with Gasteiger partial charge < -0.3 is 15.2 Å². The lowest BCUT2D eigenvalue weighted by atomic mass is 10.0. The Kier molecular flexibility index (Phi) is 4.73. The molecule has 2 unspecified atom stereocenters. The van der Waals surface area contributed by atoms with E-state index in [1.165, 1.54) is 0 Å². The Bertz CT molecular complexity index is 380. The van der Waals surface area contributed by atoms with E-state index < -0.39 is 12.0 Å². The Balaban J connectivity index is 1.87. The van der Waals surface area contributed by atoms with Crippen LogP contribution < -0.4 is 5.32 Å². The number of hydrogen-bond acceptors (Lipinski definition) is 4. The lowest BCUT2D eigenvalue weighted by Gasteiger charge is -2.18. The van der Waals surface area contributed by atoms with Gasteiger partial charge in [0.25, 0.3) is 0 Å². The Morgan fingerprint density at radius 1 is 1.39 bits per heavy atom. The molecule has 0 amide bonds. The zero-order chi connectivity index (χ0) is 12.8. The van der Waals surface area contributed by atoms with Gasteiger partial charge in [-0.25, -0.2) is 0 Å². The summed E-state index contributed by atoms with van der Waals surface area (Å²) >= 11 is 0. The number of carbonyl (C=O) groups excluding carboxylic acids is 1. The molecule has 98 valence electrons. The topological polar surface area (TPSA) is 58.6 Å². The molecule has 1 aromatic carbocycles. The Morgan fingerprint density at radius 2 is 2.17 bits per heavy atom. The first-order valence-electron chi connectivity index (χ1n) is 6.36. The third-order valence-electron chi connectivity index (χ3n) is 3.21. The molecule has 0 radical (unpaired) electrons. The molecule has 4 heteroatoms. The molecule has 1 saturated heterocycles. The van der Waals surface area contributed by atoms with Gasteiger partial charge in [-0.15, -0.1) is 0 Å². The van der Waals surface area contributed by atoms with E-state index in [1.54, 1.807) is 0 Å². The van der Waals surface area contributed by atoms with Crippen LogP contribution in [0.5, 0.6) is 0 Å². The maximum Gasteiger partial charge on any atom is 0.313 e. The summed E-state index contributed by atoms with van der Waals surface area (Å²) in [6.45, 7) is 1.61. The molecule has 2 N–H and O–H groups in total. The van der Waals surface area contributed by atoms with Crippen molar-refractivity contribution in [3.8, 4) is 0 Å². The first-order valence-corrected chi connectivity index (χ1v) is 6.36. The largest absolute Gasteiger partial charge is 0.460 e. The Morgan fingerprint density at radius 3 is 2.94 bits per heavy atom. The van der Waals surface area contributed by atoms with Crippen LogP contribution in [0.15, 0.2) is 30.3 Å². The molecule has 1 aliphatic heterocycles. The van der Waals surface area contributed by atoms with Crippen molar-refractivity contribution in [3.63, 3.8) is 0 Å². The number of ether oxygens (including phenoxy) is 1. The molecular formula is C14H19NO3. The van der Waals surface area contributed by atoms with Crippen LogP contribution in [0.25, 0.3) is 0 Å². The van der Waals surface area contributed by atoms with Gasteiger partial charge in [-0.05, 0) is 24.9 Å². The predicted molar refractivity (Wildman–Crippen MR) is 67.8 cm³/mol. The molecule has 0 aliphatic carbocycles. The summed E-state index contributed by atoms with van der Waals surface area (Å²) in [7, 11) is 0. The highest BCUT2D eigenvalue weighted by Crippen LogP contribution is 2.15. The number of aliphatic hydroxyl groups is 1. The molecule has 18 heavy (non-hydrogen) atoms. The number of nitrogens with one attached hydrogen (secondary N) is 1. The van der Waals surface area contributed by atoms with Gasteiger partial charge in [0.05, 0.1) is 12.0 Å². The van der Waals surface area contributed by atoms with Crippen molar-refractivity contribution in [3.05, 3.63) is 35.9 Å². The van der Waals surface area contributed by atoms with E-state index in [-0.39, 0.29) is 12.6 Å². The van der Waals surface area contributed by atoms with Gasteiger partial charge in [-0.1, -0.05) is 30.3 Å². The molecule has 1 aliphatic rings. The average Bonchev–Trinajstić information content (AvgIpc) is 2.62. The molecule has 2 rings (SSSR count). The third kappa shape index (κ3) is 3.55. The van der Waals surface area contributed by atoms with Crippen LogP contribution in [0.3, 0.4) is 0 Å². The molecule has 0 bridgehead atoms. The summed E-state index contributed by atoms with van der Waals surface area (Å²) < 4.78 is 5.25. The summed E-state index contributed by atoms with van der Waals surface area (Å²) in [4.78, 5) is 11.9. The normalized spacial score (nSPS) is 24.3. The number of rotatable bonds is 3. The van der Waals surface area contributed by atoms with E-state index in [9.17, 15) is 9.90 Å². The summed E-state index contributed by atoms with van der Waals surface area (Å²) in [6.07, 6.45) is 0.949. The van der Waals surface area contributed by atoms with Crippen LogP contribution in [0, 0.1) is 5.92 Å². The van der Waals surface area contributed by atoms with Gasteiger partial charge in [0.15, 0.2) is 0 Å². The molecule has 0 saturated carbocycles. The maximum atomic E-state index is 11.9. The van der Waals surface area contributed by atoms with Crippen LogP contribution >= 0.6 is 0 Å². The number of carbonyl (C=O) groups is 1. The van der Waals surface area contributed by atoms with Crippen LogP contribution in [0.4, 0.5) is 0 Å². The SMILES string of the molecule is O=C(OCc1ccccc1)C1CNCCCC1O. The first-order chi connectivity index (χ1) is 8.77.